The lowest BCUT2D eigenvalue weighted by Gasteiger charge is -2.04. The molecule has 0 N–H and O–H groups in total. The van der Waals surface area contributed by atoms with Gasteiger partial charge >= 0.3 is 0 Å². The van der Waals surface area contributed by atoms with Crippen LogP contribution < -0.4 is 0 Å². The van der Waals surface area contributed by atoms with E-state index in [0.717, 1.165) is 16.7 Å². The molecular weight excluding hydrogens is 323 g/mol. The molecule has 0 atom stereocenters. The van der Waals surface area contributed by atoms with E-state index in [1.807, 2.05) is 55.5 Å². The van der Waals surface area contributed by atoms with E-state index in [9.17, 15) is 4.79 Å². The fraction of sp³-hybridized carbons (Fsp3) is 0.133. The molecule has 0 fully saturated rings. The summed E-state index contributed by atoms with van der Waals surface area (Å²) in [7, 11) is 0. The summed E-state index contributed by atoms with van der Waals surface area (Å²) < 4.78 is 1.19. The van der Waals surface area contributed by atoms with Crippen LogP contribution in [0.1, 0.15) is 21.5 Å². The van der Waals surface area contributed by atoms with E-state index in [1.54, 1.807) is 0 Å². The third-order valence-electron chi connectivity index (χ3n) is 2.72. The molecule has 2 aromatic carbocycles. The lowest BCUT2D eigenvalue weighted by Crippen LogP contribution is -2.05. The summed E-state index contributed by atoms with van der Waals surface area (Å²) in [5, 5.41) is 0. The van der Waals surface area contributed by atoms with Gasteiger partial charge in [-0.3, -0.25) is 4.79 Å². The second-order valence-electron chi connectivity index (χ2n) is 4.04. The van der Waals surface area contributed by atoms with Crippen molar-refractivity contribution in [3.8, 4) is 0 Å². The predicted octanol–water partition coefficient (Wildman–Crippen LogP) is 4.03. The van der Waals surface area contributed by atoms with Gasteiger partial charge in [-0.25, -0.2) is 0 Å². The van der Waals surface area contributed by atoms with Crippen molar-refractivity contribution in [1.29, 1.82) is 0 Å². The maximum absolute atomic E-state index is 12.1. The molecule has 0 aromatic heterocycles. The van der Waals surface area contributed by atoms with Crippen molar-refractivity contribution in [3.63, 3.8) is 0 Å². The van der Waals surface area contributed by atoms with Gasteiger partial charge < -0.3 is 0 Å². The standard InChI is InChI=1S/C15H13IO/c1-11-4-2-3-5-14(11)15(17)10-12-6-8-13(16)9-7-12/h2-9H,10H2,1H3. The highest BCUT2D eigenvalue weighted by molar-refractivity contribution is 14.1. The first kappa shape index (κ1) is 12.3. The highest BCUT2D eigenvalue weighted by Crippen LogP contribution is 2.13. The van der Waals surface area contributed by atoms with Crippen molar-refractivity contribution in [2.24, 2.45) is 0 Å². The Balaban J connectivity index is 2.17. The maximum atomic E-state index is 12.1. The van der Waals surface area contributed by atoms with Gasteiger partial charge in [0.15, 0.2) is 5.78 Å². The molecule has 2 aromatic rings. The third-order valence-corrected chi connectivity index (χ3v) is 3.44. The van der Waals surface area contributed by atoms with E-state index in [-0.39, 0.29) is 5.78 Å². The van der Waals surface area contributed by atoms with Crippen LogP contribution in [-0.4, -0.2) is 5.78 Å². The van der Waals surface area contributed by atoms with Crippen LogP contribution in [0.3, 0.4) is 0 Å². The van der Waals surface area contributed by atoms with Crippen molar-refractivity contribution in [1.82, 2.24) is 0 Å². The Hall–Kier alpha value is -1.16. The molecule has 0 unspecified atom stereocenters. The molecule has 0 saturated carbocycles. The minimum atomic E-state index is 0.185. The number of carbonyl (C=O) groups is 1. The molecule has 0 amide bonds. The summed E-state index contributed by atoms with van der Waals surface area (Å²) in [6.07, 6.45) is 0.474. The highest BCUT2D eigenvalue weighted by atomic mass is 127. The quantitative estimate of drug-likeness (QED) is 0.611. The highest BCUT2D eigenvalue weighted by Gasteiger charge is 2.08. The van der Waals surface area contributed by atoms with E-state index < -0.39 is 0 Å². The van der Waals surface area contributed by atoms with E-state index >= 15 is 0 Å². The van der Waals surface area contributed by atoms with Gasteiger partial charge in [-0.15, -0.1) is 0 Å². The monoisotopic (exact) mass is 336 g/mol. The van der Waals surface area contributed by atoms with Gasteiger partial charge in [0.25, 0.3) is 0 Å². The number of hydrogen-bond acceptors (Lipinski definition) is 1. The summed E-state index contributed by atoms with van der Waals surface area (Å²) in [6, 6.07) is 15.8. The zero-order chi connectivity index (χ0) is 12.3. The van der Waals surface area contributed by atoms with Crippen LogP contribution >= 0.6 is 22.6 Å². The fourth-order valence-electron chi connectivity index (χ4n) is 1.77. The first-order valence-electron chi connectivity index (χ1n) is 5.50. The minimum Gasteiger partial charge on any atom is -0.294 e. The van der Waals surface area contributed by atoms with E-state index in [4.69, 9.17) is 0 Å². The van der Waals surface area contributed by atoms with Crippen LogP contribution in [0.4, 0.5) is 0 Å². The molecule has 0 saturated heterocycles. The maximum Gasteiger partial charge on any atom is 0.167 e. The van der Waals surface area contributed by atoms with Crippen molar-refractivity contribution in [2.75, 3.05) is 0 Å². The lowest BCUT2D eigenvalue weighted by atomic mass is 9.99. The average molecular weight is 336 g/mol. The summed E-state index contributed by atoms with van der Waals surface area (Å²) in [4.78, 5) is 12.1. The Kier molecular flexibility index (Phi) is 3.94. The number of carbonyl (C=O) groups excluding carboxylic acids is 1. The predicted molar refractivity (Wildman–Crippen MR) is 78.4 cm³/mol. The van der Waals surface area contributed by atoms with E-state index in [2.05, 4.69) is 22.6 Å². The molecule has 0 aliphatic heterocycles. The zero-order valence-electron chi connectivity index (χ0n) is 9.61. The Morgan fingerprint density at radius 3 is 2.35 bits per heavy atom. The Labute approximate surface area is 115 Å². The lowest BCUT2D eigenvalue weighted by molar-refractivity contribution is 0.0992. The molecule has 0 heterocycles. The number of aryl methyl sites for hydroxylation is 1. The molecule has 0 aliphatic carbocycles. The van der Waals surface area contributed by atoms with Gasteiger partial charge in [0, 0.05) is 15.6 Å². The minimum absolute atomic E-state index is 0.185. The normalized spacial score (nSPS) is 10.2. The van der Waals surface area contributed by atoms with Gasteiger partial charge in [-0.05, 0) is 52.8 Å². The first-order valence-corrected chi connectivity index (χ1v) is 6.58. The number of hydrogen-bond donors (Lipinski definition) is 0. The number of ketones is 1. The second kappa shape index (κ2) is 5.45. The molecule has 0 aliphatic rings. The fourth-order valence-corrected chi connectivity index (χ4v) is 2.13. The van der Waals surface area contributed by atoms with Crippen LogP contribution in [0.5, 0.6) is 0 Å². The molecule has 1 nitrogen and oxygen atoms in total. The van der Waals surface area contributed by atoms with E-state index in [0.29, 0.717) is 6.42 Å². The Morgan fingerprint density at radius 2 is 1.71 bits per heavy atom. The van der Waals surface area contributed by atoms with Gasteiger partial charge in [-0.1, -0.05) is 36.4 Å². The molecule has 0 spiro atoms. The van der Waals surface area contributed by atoms with Crippen molar-refractivity contribution >= 4 is 28.4 Å². The summed E-state index contributed by atoms with van der Waals surface area (Å²) in [5.41, 5.74) is 2.94. The topological polar surface area (TPSA) is 17.1 Å². The largest absolute Gasteiger partial charge is 0.294 e. The third kappa shape index (κ3) is 3.16. The van der Waals surface area contributed by atoms with Gasteiger partial charge in [-0.2, -0.15) is 0 Å². The van der Waals surface area contributed by atoms with Crippen LogP contribution in [0.2, 0.25) is 0 Å². The SMILES string of the molecule is Cc1ccccc1C(=O)Cc1ccc(I)cc1. The molecule has 2 heteroatoms. The molecular formula is C15H13IO. The molecule has 0 bridgehead atoms. The van der Waals surface area contributed by atoms with Crippen LogP contribution in [0.15, 0.2) is 48.5 Å². The van der Waals surface area contributed by atoms with Gasteiger partial charge in [0.2, 0.25) is 0 Å². The van der Waals surface area contributed by atoms with Crippen LogP contribution in [-0.2, 0) is 6.42 Å². The smallest absolute Gasteiger partial charge is 0.167 e. The molecule has 17 heavy (non-hydrogen) atoms. The number of rotatable bonds is 3. The summed E-state index contributed by atoms with van der Waals surface area (Å²) >= 11 is 2.26. The number of benzene rings is 2. The van der Waals surface area contributed by atoms with Crippen LogP contribution in [0.25, 0.3) is 0 Å². The van der Waals surface area contributed by atoms with Gasteiger partial charge in [0.05, 0.1) is 0 Å². The summed E-state index contributed by atoms with van der Waals surface area (Å²) in [6.45, 7) is 1.97. The van der Waals surface area contributed by atoms with Gasteiger partial charge in [0.1, 0.15) is 0 Å². The molecule has 2 rings (SSSR count). The second-order valence-corrected chi connectivity index (χ2v) is 5.29. The Bertz CT molecular complexity index is 529. The van der Waals surface area contributed by atoms with Crippen LogP contribution in [0, 0.1) is 10.5 Å². The number of halogens is 1. The molecule has 0 radical (unpaired) electrons. The van der Waals surface area contributed by atoms with Crippen molar-refractivity contribution in [3.05, 3.63) is 68.8 Å². The first-order chi connectivity index (χ1) is 8.16. The van der Waals surface area contributed by atoms with Crippen molar-refractivity contribution < 1.29 is 4.79 Å². The summed E-state index contributed by atoms with van der Waals surface area (Å²) in [5.74, 6) is 0.185. The van der Waals surface area contributed by atoms with E-state index in [1.165, 1.54) is 3.57 Å². The number of Topliss-reactive ketones (excluding diaryl/α,β-unsaturated/α-hetero) is 1. The van der Waals surface area contributed by atoms with Crippen molar-refractivity contribution in [2.45, 2.75) is 13.3 Å². The molecule has 86 valence electrons. The Morgan fingerprint density at radius 1 is 1.06 bits per heavy atom. The average Bonchev–Trinajstić information content (AvgIpc) is 2.32. The zero-order valence-corrected chi connectivity index (χ0v) is 11.8.